The Bertz CT molecular complexity index is 6110. The molecule has 3 aromatic heterocycles. The van der Waals surface area contributed by atoms with Gasteiger partial charge in [-0.3, -0.25) is 5.10 Å². The molecular weight excluding hydrogens is 2100 g/mol. The van der Waals surface area contributed by atoms with Crippen LogP contribution in [0.2, 0.25) is 0 Å². The molecule has 0 N–H and O–H groups in total. The van der Waals surface area contributed by atoms with E-state index in [2.05, 4.69) is 431 Å². The van der Waals surface area contributed by atoms with Crippen molar-refractivity contribution >= 4 is 39.8 Å². The molecule has 0 fully saturated rings. The predicted molar refractivity (Wildman–Crippen MR) is 507 cm³/mol. The summed E-state index contributed by atoms with van der Waals surface area (Å²) in [6.07, 6.45) is 5.50. The minimum Gasteiger partial charge on any atom is -0.619 e. The van der Waals surface area contributed by atoms with E-state index in [1.165, 1.54) is 113 Å². The first kappa shape index (κ1) is 93.3. The van der Waals surface area contributed by atoms with E-state index in [9.17, 15) is 0 Å². The van der Waals surface area contributed by atoms with Gasteiger partial charge in [-0.2, -0.15) is 85.7 Å². The van der Waals surface area contributed by atoms with Crippen molar-refractivity contribution in [3.8, 4) is 101 Å². The minimum absolute atomic E-state index is 0. The second kappa shape index (κ2) is 43.4. The van der Waals surface area contributed by atoms with Gasteiger partial charge in [-0.05, 0) is 115 Å². The minimum atomic E-state index is -0.0604. The Balaban J connectivity index is 0.000000141. The van der Waals surface area contributed by atoms with Gasteiger partial charge in [0.25, 0.3) is 0 Å². The van der Waals surface area contributed by atoms with Crippen molar-refractivity contribution in [2.75, 3.05) is 45.6 Å². The summed E-state index contributed by atoms with van der Waals surface area (Å²) in [5.74, 6) is 2.08. The van der Waals surface area contributed by atoms with Crippen molar-refractivity contribution in [3.05, 3.63) is 431 Å². The first-order chi connectivity index (χ1) is 60.2. The summed E-state index contributed by atoms with van der Waals surface area (Å²) in [5.41, 5.74) is 30.8. The SMILES string of the molecule is CC(C)(C)c1cc[c-]c(-c2nnc[n-]2)c1.CN1C=CN(c2[c-]cc(-c3ccc(-c4ccccc4)cc3)cc2)[CH-]1.CN1[CH-]N(c2[c-]cc(-c3ccc(-c4ccccc4)cc3)cc2)c2ccccc21.CN1[CH-]N(c2[c-]cc(-c3ccc(-c4ccccc4)cc3)cc2)c2ccccc21.Cc1c[c-]c(-c2cc(C)n[n-]2)cc1.Cc1cc[c-]c(-c2nc(C(C)(C)C)n[n-]2)c1.[Pt+4].[Pt+4].[Pt+4]. The zero-order chi connectivity index (χ0) is 86.1. The van der Waals surface area contributed by atoms with Crippen LogP contribution in [0.5, 0.6) is 0 Å². The molecule has 14 nitrogen and oxygen atoms in total. The molecule has 0 saturated heterocycles. The van der Waals surface area contributed by atoms with Gasteiger partial charge in [0.05, 0.1) is 0 Å². The van der Waals surface area contributed by atoms with Crippen LogP contribution in [0.3, 0.4) is 0 Å². The van der Waals surface area contributed by atoms with Crippen LogP contribution >= 0.6 is 0 Å². The number of fused-ring (bicyclic) bond motifs is 2. The molecule has 636 valence electrons. The number of para-hydroxylation sites is 4. The van der Waals surface area contributed by atoms with Crippen LogP contribution in [-0.4, -0.2) is 51.4 Å². The molecule has 17 aromatic rings. The number of aryl methyl sites for hydroxylation is 3. The molecule has 0 unspecified atom stereocenters. The van der Waals surface area contributed by atoms with E-state index in [1.54, 1.807) is 0 Å². The van der Waals surface area contributed by atoms with Gasteiger partial charge < -0.3 is 64.9 Å². The third-order valence-electron chi connectivity index (χ3n) is 21.1. The fourth-order valence-corrected chi connectivity index (χ4v) is 14.1. The smallest absolute Gasteiger partial charge is 0.619 e. The second-order valence-corrected chi connectivity index (χ2v) is 32.5. The molecule has 0 aliphatic carbocycles. The number of anilines is 7. The van der Waals surface area contributed by atoms with Crippen molar-refractivity contribution in [1.82, 2.24) is 45.5 Å². The first-order valence-corrected chi connectivity index (χ1v) is 41.3. The van der Waals surface area contributed by atoms with E-state index in [0.717, 1.165) is 51.0 Å². The third-order valence-corrected chi connectivity index (χ3v) is 21.1. The maximum absolute atomic E-state index is 4.44. The third kappa shape index (κ3) is 24.0. The van der Waals surface area contributed by atoms with Crippen LogP contribution in [0.1, 0.15) is 69.8 Å². The van der Waals surface area contributed by atoms with Crippen LogP contribution in [0.15, 0.2) is 346 Å². The Kier molecular flexibility index (Phi) is 31.9. The normalized spacial score (nSPS) is 12.2. The summed E-state index contributed by atoms with van der Waals surface area (Å²) in [6, 6.07) is 133. The molecule has 17 heteroatoms. The molecule has 0 bridgehead atoms. The number of rotatable bonds is 12. The van der Waals surface area contributed by atoms with Gasteiger partial charge in [-0.25, -0.2) is 5.69 Å². The standard InChI is InChI=1S/2C26H20N2.C22H18N2.C13H15N3.C12H13N3.C11H10N2.3Pt/c2*1-27-19-28(26-10-6-5-9-25(26)27)24-17-15-23(16-18-24)22-13-11-21(12-14-22)20-7-3-2-4-8-20;1-23-15-16-24(17-23)22-13-11-21(12-14-22)20-9-7-19(8-10-20)18-5-3-2-4-6-18;1-9-6-5-7-10(8-9)11-14-12(16-15-11)13(2,3)4;1-12(2,3)10-6-4-5-9(7-10)11-13-8-14-15-11;1-8-3-5-10(6-4-8)11-7-9(2)12-13-11;;;/h2*2-17,19H,1H3;2-13,15-17H,1H3;5-6,8H,1-4H3;4,6-8H,1-3H3;3-5,7H,1-2H3;;;/q6*-2;3*+4. The van der Waals surface area contributed by atoms with Crippen LogP contribution in [0.4, 0.5) is 39.8 Å². The Morgan fingerprint density at radius 3 is 1.14 bits per heavy atom. The molecule has 0 saturated carbocycles. The van der Waals surface area contributed by atoms with Crippen molar-refractivity contribution in [2.24, 2.45) is 0 Å². The molecule has 20 rings (SSSR count). The summed E-state index contributed by atoms with van der Waals surface area (Å²) >= 11 is 0. The molecule has 3 aliphatic rings. The molecule has 127 heavy (non-hydrogen) atoms. The molecule has 14 aromatic carbocycles. The second-order valence-electron chi connectivity index (χ2n) is 32.5. The van der Waals surface area contributed by atoms with Crippen molar-refractivity contribution in [2.45, 2.75) is 73.1 Å². The van der Waals surface area contributed by atoms with Gasteiger partial charge in [-0.15, -0.1) is 153 Å². The van der Waals surface area contributed by atoms with E-state index < -0.39 is 0 Å². The molecule has 0 spiro atoms. The molecule has 0 amide bonds. The van der Waals surface area contributed by atoms with Crippen LogP contribution in [0.25, 0.3) is 101 Å². The Labute approximate surface area is 792 Å². The van der Waals surface area contributed by atoms with Crippen molar-refractivity contribution in [3.63, 3.8) is 0 Å². The maximum atomic E-state index is 4.44. The van der Waals surface area contributed by atoms with Crippen molar-refractivity contribution < 1.29 is 63.2 Å². The molecule has 6 heterocycles. The van der Waals surface area contributed by atoms with Gasteiger partial charge in [0, 0.05) is 34.3 Å². The summed E-state index contributed by atoms with van der Waals surface area (Å²) in [5, 5.41) is 23.8. The topological polar surface area (TPSA) is 126 Å². The monoisotopic (exact) mass is 2200 g/mol. The number of hydrogen-bond acceptors (Lipinski definition) is 11. The zero-order valence-corrected chi connectivity index (χ0v) is 79.7. The summed E-state index contributed by atoms with van der Waals surface area (Å²) < 4.78 is 0. The summed E-state index contributed by atoms with van der Waals surface area (Å²) in [6.45, 7) is 25.0. The van der Waals surface area contributed by atoms with Gasteiger partial charge in [0.2, 0.25) is 0 Å². The van der Waals surface area contributed by atoms with E-state index in [1.807, 2.05) is 119 Å². The largest absolute Gasteiger partial charge is 4.00 e. The van der Waals surface area contributed by atoms with E-state index >= 15 is 0 Å². The number of benzene rings is 14. The van der Waals surface area contributed by atoms with Gasteiger partial charge in [0.15, 0.2) is 0 Å². The van der Waals surface area contributed by atoms with Crippen LogP contribution < -0.4 is 39.7 Å². The van der Waals surface area contributed by atoms with E-state index in [4.69, 9.17) is 0 Å². The van der Waals surface area contributed by atoms with Gasteiger partial charge in [-0.1, -0.05) is 272 Å². The quantitative estimate of drug-likeness (QED) is 0.108. The van der Waals surface area contributed by atoms with E-state index in [-0.39, 0.29) is 74.0 Å². The van der Waals surface area contributed by atoms with Crippen molar-refractivity contribution in [1.29, 1.82) is 0 Å². The predicted octanol–water partition coefficient (Wildman–Crippen LogP) is 25.0. The number of nitrogens with zero attached hydrogens (tertiary/aromatic N) is 14. The summed E-state index contributed by atoms with van der Waals surface area (Å²) in [7, 11) is 6.15. The van der Waals surface area contributed by atoms with Crippen LogP contribution in [0, 0.1) is 77.2 Å². The summed E-state index contributed by atoms with van der Waals surface area (Å²) in [4.78, 5) is 21.2. The fraction of sp³-hybridized carbons (Fsp3) is 0.127. The molecule has 0 radical (unpaired) electrons. The average molecular weight is 2200 g/mol. The average Bonchev–Trinajstić information content (AvgIpc) is 1.65. The Morgan fingerprint density at radius 2 is 0.764 bits per heavy atom. The number of hydrogen-bond donors (Lipinski definition) is 0. The van der Waals surface area contributed by atoms with Gasteiger partial charge in [0.1, 0.15) is 0 Å². The van der Waals surface area contributed by atoms with E-state index in [0.29, 0.717) is 11.6 Å². The molecule has 3 aliphatic heterocycles. The van der Waals surface area contributed by atoms with Gasteiger partial charge >= 0.3 is 63.2 Å². The zero-order valence-electron chi connectivity index (χ0n) is 72.9. The maximum Gasteiger partial charge on any atom is 4.00 e. The molecular formula is C110H96N14Pt3. The Hall–Kier alpha value is -12.8. The first-order valence-electron chi connectivity index (χ1n) is 41.3. The number of aromatic nitrogens is 8. The van der Waals surface area contributed by atoms with Crippen LogP contribution in [-0.2, 0) is 74.0 Å². The fourth-order valence-electron chi connectivity index (χ4n) is 14.1. The molecule has 0 atom stereocenters. The Morgan fingerprint density at radius 1 is 0.339 bits per heavy atom.